The molecule has 0 aliphatic carbocycles. The Kier molecular flexibility index (Phi) is 3.83. The number of benzene rings is 2. The average Bonchev–Trinajstić information content (AvgIpc) is 2.77. The number of hydrogen-bond donors (Lipinski definition) is 0. The molecule has 0 radical (unpaired) electrons. The lowest BCUT2D eigenvalue weighted by molar-refractivity contribution is 0.642. The minimum atomic E-state index is 1.08. The fourth-order valence-corrected chi connectivity index (χ4v) is 3.13. The molecule has 0 N–H and O–H groups in total. The highest BCUT2D eigenvalue weighted by Crippen LogP contribution is 2.30. The lowest BCUT2D eigenvalue weighted by atomic mass is 10.1. The van der Waals surface area contributed by atoms with Crippen LogP contribution in [0.5, 0.6) is 0 Å². The van der Waals surface area contributed by atoms with E-state index in [1.807, 2.05) is 6.08 Å². The van der Waals surface area contributed by atoms with Crippen molar-refractivity contribution >= 4 is 21.8 Å². The number of aryl methyl sites for hydroxylation is 3. The van der Waals surface area contributed by atoms with Gasteiger partial charge in [-0.2, -0.15) is 0 Å². The summed E-state index contributed by atoms with van der Waals surface area (Å²) in [7, 11) is 0. The third-order valence-electron chi connectivity index (χ3n) is 4.22. The van der Waals surface area contributed by atoms with Crippen molar-refractivity contribution in [2.75, 3.05) is 0 Å². The summed E-state index contributed by atoms with van der Waals surface area (Å²) < 4.78 is 2.48. The molecule has 0 aliphatic heterocycles. The van der Waals surface area contributed by atoms with Crippen LogP contribution in [-0.2, 0) is 6.54 Å². The third-order valence-corrected chi connectivity index (χ3v) is 4.22. The molecule has 1 heterocycles. The van der Waals surface area contributed by atoms with E-state index >= 15 is 0 Å². The smallest absolute Gasteiger partial charge is 0.0491 e. The summed E-state index contributed by atoms with van der Waals surface area (Å²) in [6.45, 7) is 9.23. The van der Waals surface area contributed by atoms with E-state index in [9.17, 15) is 0 Å². The summed E-state index contributed by atoms with van der Waals surface area (Å²) in [5.41, 5.74) is 5.38. The van der Waals surface area contributed by atoms with Crippen LogP contribution in [0, 0.1) is 13.8 Å². The quantitative estimate of drug-likeness (QED) is 0.412. The molecule has 0 saturated carbocycles. The van der Waals surface area contributed by atoms with Crippen LogP contribution in [0.4, 0.5) is 0 Å². The van der Waals surface area contributed by atoms with Crippen molar-refractivity contribution in [3.05, 3.63) is 60.2 Å². The standard InChI is InChI=1S/C20H23N/c1-4-5-6-7-12-21-19-10-8-15(2)13-17(19)18-14-16(3)9-11-20(18)21/h4,8-11,13-14H,1,5-7,12H2,2-3H3. The molecule has 0 atom stereocenters. The first-order valence-electron chi connectivity index (χ1n) is 7.81. The fraction of sp³-hybridized carbons (Fsp3) is 0.300. The molecule has 3 aromatic rings. The van der Waals surface area contributed by atoms with Crippen LogP contribution in [0.25, 0.3) is 21.8 Å². The average molecular weight is 277 g/mol. The van der Waals surface area contributed by atoms with E-state index in [4.69, 9.17) is 0 Å². The SMILES string of the molecule is C=CCCCCn1c2ccc(C)cc2c2cc(C)ccc21. The summed E-state index contributed by atoms with van der Waals surface area (Å²) in [4.78, 5) is 0. The highest BCUT2D eigenvalue weighted by Gasteiger charge is 2.10. The molecule has 1 nitrogen and oxygen atoms in total. The second kappa shape index (κ2) is 5.77. The van der Waals surface area contributed by atoms with Crippen molar-refractivity contribution in [2.24, 2.45) is 0 Å². The Morgan fingerprint density at radius 3 is 2.00 bits per heavy atom. The van der Waals surface area contributed by atoms with Gasteiger partial charge < -0.3 is 4.57 Å². The van der Waals surface area contributed by atoms with Gasteiger partial charge in [-0.05, 0) is 57.4 Å². The Labute approximate surface area is 126 Å². The molecule has 21 heavy (non-hydrogen) atoms. The first-order chi connectivity index (χ1) is 10.2. The third kappa shape index (κ3) is 2.61. The molecule has 1 aromatic heterocycles. The molecule has 0 amide bonds. The number of hydrogen-bond acceptors (Lipinski definition) is 0. The zero-order valence-corrected chi connectivity index (χ0v) is 13.0. The van der Waals surface area contributed by atoms with Gasteiger partial charge in [-0.15, -0.1) is 6.58 Å². The first-order valence-corrected chi connectivity index (χ1v) is 7.81. The molecule has 2 aromatic carbocycles. The molecule has 0 bridgehead atoms. The van der Waals surface area contributed by atoms with Crippen LogP contribution in [-0.4, -0.2) is 4.57 Å². The molecular weight excluding hydrogens is 254 g/mol. The van der Waals surface area contributed by atoms with E-state index in [0.717, 1.165) is 13.0 Å². The molecule has 0 spiro atoms. The topological polar surface area (TPSA) is 4.93 Å². The van der Waals surface area contributed by atoms with Crippen LogP contribution in [0.2, 0.25) is 0 Å². The molecule has 108 valence electrons. The Bertz CT molecular complexity index is 733. The maximum absolute atomic E-state index is 3.81. The molecular formula is C20H23N. The van der Waals surface area contributed by atoms with Crippen LogP contribution < -0.4 is 0 Å². The van der Waals surface area contributed by atoms with E-state index < -0.39 is 0 Å². The summed E-state index contributed by atoms with van der Waals surface area (Å²) in [6, 6.07) is 13.6. The molecule has 0 saturated heterocycles. The van der Waals surface area contributed by atoms with Crippen molar-refractivity contribution in [1.82, 2.24) is 4.57 Å². The van der Waals surface area contributed by atoms with Crippen molar-refractivity contribution in [3.8, 4) is 0 Å². The van der Waals surface area contributed by atoms with Crippen molar-refractivity contribution in [2.45, 2.75) is 39.7 Å². The van der Waals surface area contributed by atoms with E-state index in [1.165, 1.54) is 45.8 Å². The molecule has 0 unspecified atom stereocenters. The maximum atomic E-state index is 3.81. The molecule has 0 fully saturated rings. The minimum absolute atomic E-state index is 1.08. The number of allylic oxidation sites excluding steroid dienone is 1. The highest BCUT2D eigenvalue weighted by molar-refractivity contribution is 6.08. The fourth-order valence-electron chi connectivity index (χ4n) is 3.13. The molecule has 0 aliphatic rings. The lowest BCUT2D eigenvalue weighted by Crippen LogP contribution is -1.97. The largest absolute Gasteiger partial charge is 0.340 e. The lowest BCUT2D eigenvalue weighted by Gasteiger charge is -2.07. The highest BCUT2D eigenvalue weighted by atomic mass is 15.0. The van der Waals surface area contributed by atoms with Crippen molar-refractivity contribution < 1.29 is 0 Å². The van der Waals surface area contributed by atoms with Crippen molar-refractivity contribution in [3.63, 3.8) is 0 Å². The second-order valence-electron chi connectivity index (χ2n) is 5.98. The van der Waals surface area contributed by atoms with Gasteiger partial charge in [-0.1, -0.05) is 29.3 Å². The van der Waals surface area contributed by atoms with Gasteiger partial charge in [0.2, 0.25) is 0 Å². The van der Waals surface area contributed by atoms with E-state index in [1.54, 1.807) is 0 Å². The van der Waals surface area contributed by atoms with Crippen molar-refractivity contribution in [1.29, 1.82) is 0 Å². The molecule has 1 heteroatoms. The predicted octanol–water partition coefficient (Wildman–Crippen LogP) is 5.77. The monoisotopic (exact) mass is 277 g/mol. The Morgan fingerprint density at radius 2 is 1.48 bits per heavy atom. The summed E-state index contributed by atoms with van der Waals surface area (Å²) >= 11 is 0. The maximum Gasteiger partial charge on any atom is 0.0491 e. The number of rotatable bonds is 5. The van der Waals surface area contributed by atoms with E-state index in [-0.39, 0.29) is 0 Å². The minimum Gasteiger partial charge on any atom is -0.340 e. The Balaban J connectivity index is 2.13. The van der Waals surface area contributed by atoms with Gasteiger partial charge in [0.05, 0.1) is 0 Å². The Hall–Kier alpha value is -2.02. The molecule has 3 rings (SSSR count). The predicted molar refractivity (Wildman–Crippen MR) is 93.0 cm³/mol. The Morgan fingerprint density at radius 1 is 0.905 bits per heavy atom. The van der Waals surface area contributed by atoms with Crippen LogP contribution in [0.1, 0.15) is 30.4 Å². The van der Waals surface area contributed by atoms with Gasteiger partial charge in [0.25, 0.3) is 0 Å². The van der Waals surface area contributed by atoms with Crippen LogP contribution in [0.3, 0.4) is 0 Å². The van der Waals surface area contributed by atoms with Crippen LogP contribution in [0.15, 0.2) is 49.1 Å². The zero-order chi connectivity index (χ0) is 14.8. The van der Waals surface area contributed by atoms with Gasteiger partial charge in [-0.3, -0.25) is 0 Å². The van der Waals surface area contributed by atoms with Gasteiger partial charge in [-0.25, -0.2) is 0 Å². The van der Waals surface area contributed by atoms with Crippen LogP contribution >= 0.6 is 0 Å². The zero-order valence-electron chi connectivity index (χ0n) is 13.0. The number of fused-ring (bicyclic) bond motifs is 3. The van der Waals surface area contributed by atoms with Gasteiger partial charge >= 0.3 is 0 Å². The van der Waals surface area contributed by atoms with Gasteiger partial charge in [0, 0.05) is 28.4 Å². The normalized spacial score (nSPS) is 11.3. The summed E-state index contributed by atoms with van der Waals surface area (Å²) in [5.74, 6) is 0. The van der Waals surface area contributed by atoms with E-state index in [2.05, 4.69) is 61.4 Å². The number of unbranched alkanes of at least 4 members (excludes halogenated alkanes) is 2. The second-order valence-corrected chi connectivity index (χ2v) is 5.98. The van der Waals surface area contributed by atoms with Gasteiger partial charge in [0.15, 0.2) is 0 Å². The van der Waals surface area contributed by atoms with E-state index in [0.29, 0.717) is 0 Å². The summed E-state index contributed by atoms with van der Waals surface area (Å²) in [5, 5.41) is 2.77. The van der Waals surface area contributed by atoms with Gasteiger partial charge in [0.1, 0.15) is 0 Å². The summed E-state index contributed by atoms with van der Waals surface area (Å²) in [6.07, 6.45) is 5.53. The number of aromatic nitrogens is 1. The first kappa shape index (κ1) is 13.9. The number of nitrogens with zero attached hydrogens (tertiary/aromatic N) is 1.